The lowest BCUT2D eigenvalue weighted by atomic mass is 10.1. The SMILES string of the molecule is Cc1cc(CNC(=O)NCCCc2c[nH]c3ccccc23)on1. The highest BCUT2D eigenvalue weighted by atomic mass is 16.5. The second-order valence-electron chi connectivity index (χ2n) is 5.51. The first-order valence-corrected chi connectivity index (χ1v) is 7.71. The molecule has 2 aromatic heterocycles. The zero-order chi connectivity index (χ0) is 16.1. The first kappa shape index (κ1) is 15.1. The summed E-state index contributed by atoms with van der Waals surface area (Å²) in [5, 5.41) is 10.6. The van der Waals surface area contributed by atoms with E-state index in [0.717, 1.165) is 24.1 Å². The van der Waals surface area contributed by atoms with E-state index >= 15 is 0 Å². The number of H-pyrrole nitrogens is 1. The van der Waals surface area contributed by atoms with Crippen LogP contribution >= 0.6 is 0 Å². The molecule has 0 bridgehead atoms. The van der Waals surface area contributed by atoms with E-state index in [1.165, 1.54) is 10.9 Å². The van der Waals surface area contributed by atoms with Crippen LogP contribution in [0.1, 0.15) is 23.4 Å². The van der Waals surface area contributed by atoms with Crippen molar-refractivity contribution in [2.24, 2.45) is 0 Å². The van der Waals surface area contributed by atoms with Gasteiger partial charge in [0.1, 0.15) is 0 Å². The van der Waals surface area contributed by atoms with E-state index in [1.54, 1.807) is 6.07 Å². The monoisotopic (exact) mass is 312 g/mol. The van der Waals surface area contributed by atoms with Crippen LogP contribution in [0.4, 0.5) is 4.79 Å². The molecule has 0 aliphatic rings. The Kier molecular flexibility index (Phi) is 4.61. The quantitative estimate of drug-likeness (QED) is 0.612. The number of amides is 2. The van der Waals surface area contributed by atoms with Crippen LogP contribution in [-0.2, 0) is 13.0 Å². The number of para-hydroxylation sites is 1. The molecule has 120 valence electrons. The van der Waals surface area contributed by atoms with Gasteiger partial charge in [-0.1, -0.05) is 23.4 Å². The smallest absolute Gasteiger partial charge is 0.315 e. The predicted octanol–water partition coefficient (Wildman–Crippen LogP) is 2.90. The summed E-state index contributed by atoms with van der Waals surface area (Å²) >= 11 is 0. The summed E-state index contributed by atoms with van der Waals surface area (Å²) in [5.41, 5.74) is 3.23. The number of urea groups is 1. The van der Waals surface area contributed by atoms with Crippen LogP contribution in [0.2, 0.25) is 0 Å². The van der Waals surface area contributed by atoms with Crippen molar-refractivity contribution in [2.45, 2.75) is 26.3 Å². The third-order valence-corrected chi connectivity index (χ3v) is 3.68. The third-order valence-electron chi connectivity index (χ3n) is 3.68. The molecule has 0 saturated carbocycles. The molecule has 3 rings (SSSR count). The highest BCUT2D eigenvalue weighted by molar-refractivity contribution is 5.83. The average molecular weight is 312 g/mol. The molecule has 3 N–H and O–H groups in total. The van der Waals surface area contributed by atoms with Crippen molar-refractivity contribution in [2.75, 3.05) is 6.54 Å². The maximum Gasteiger partial charge on any atom is 0.315 e. The summed E-state index contributed by atoms with van der Waals surface area (Å²) in [5.74, 6) is 0.649. The maximum atomic E-state index is 11.7. The third kappa shape index (κ3) is 3.91. The van der Waals surface area contributed by atoms with Gasteiger partial charge < -0.3 is 20.1 Å². The molecule has 0 unspecified atom stereocenters. The Morgan fingerprint density at radius 3 is 3.00 bits per heavy atom. The number of fused-ring (bicyclic) bond motifs is 1. The zero-order valence-corrected chi connectivity index (χ0v) is 13.1. The van der Waals surface area contributed by atoms with Crippen LogP contribution < -0.4 is 10.6 Å². The van der Waals surface area contributed by atoms with E-state index in [4.69, 9.17) is 4.52 Å². The number of aryl methyl sites for hydroxylation is 2. The Hall–Kier alpha value is -2.76. The first-order valence-electron chi connectivity index (χ1n) is 7.71. The summed E-state index contributed by atoms with van der Waals surface area (Å²) in [7, 11) is 0. The van der Waals surface area contributed by atoms with E-state index in [9.17, 15) is 4.79 Å². The molecular formula is C17H20N4O2. The number of aromatic nitrogens is 2. The van der Waals surface area contributed by atoms with Crippen molar-refractivity contribution in [1.29, 1.82) is 0 Å². The van der Waals surface area contributed by atoms with Gasteiger partial charge in [0.15, 0.2) is 5.76 Å². The van der Waals surface area contributed by atoms with Gasteiger partial charge in [-0.3, -0.25) is 0 Å². The van der Waals surface area contributed by atoms with Crippen molar-refractivity contribution in [1.82, 2.24) is 20.8 Å². The minimum Gasteiger partial charge on any atom is -0.361 e. The molecule has 0 saturated heterocycles. The van der Waals surface area contributed by atoms with E-state index in [1.807, 2.05) is 25.3 Å². The Balaban J connectivity index is 1.38. The molecule has 1 aromatic carbocycles. The molecule has 3 aromatic rings. The molecule has 0 radical (unpaired) electrons. The van der Waals surface area contributed by atoms with Crippen LogP contribution in [0.3, 0.4) is 0 Å². The highest BCUT2D eigenvalue weighted by Gasteiger charge is 2.05. The second kappa shape index (κ2) is 7.00. The first-order chi connectivity index (χ1) is 11.2. The van der Waals surface area contributed by atoms with E-state index in [-0.39, 0.29) is 6.03 Å². The minimum atomic E-state index is -0.196. The molecule has 23 heavy (non-hydrogen) atoms. The van der Waals surface area contributed by atoms with Crippen LogP contribution in [0.15, 0.2) is 41.1 Å². The summed E-state index contributed by atoms with van der Waals surface area (Å²) in [6, 6.07) is 9.84. The van der Waals surface area contributed by atoms with Gasteiger partial charge in [-0.25, -0.2) is 4.79 Å². The van der Waals surface area contributed by atoms with Gasteiger partial charge in [0, 0.05) is 29.7 Å². The van der Waals surface area contributed by atoms with E-state index in [2.05, 4.69) is 32.9 Å². The van der Waals surface area contributed by atoms with Gasteiger partial charge in [-0.2, -0.15) is 0 Å². The summed E-state index contributed by atoms with van der Waals surface area (Å²) in [6.45, 7) is 2.81. The summed E-state index contributed by atoms with van der Waals surface area (Å²) in [6.07, 6.45) is 3.85. The van der Waals surface area contributed by atoms with Crippen LogP contribution in [0.5, 0.6) is 0 Å². The Bertz CT molecular complexity index is 791. The standard InChI is InChI=1S/C17H20N4O2/c1-12-9-14(23-21-12)11-20-17(22)18-8-4-5-13-10-19-16-7-3-2-6-15(13)16/h2-3,6-7,9-10,19H,4-5,8,11H2,1H3,(H2,18,20,22). The van der Waals surface area contributed by atoms with Gasteiger partial charge in [0.25, 0.3) is 0 Å². The number of rotatable bonds is 6. The molecule has 2 heterocycles. The van der Waals surface area contributed by atoms with E-state index in [0.29, 0.717) is 18.8 Å². The highest BCUT2D eigenvalue weighted by Crippen LogP contribution is 2.18. The van der Waals surface area contributed by atoms with E-state index < -0.39 is 0 Å². The Labute approximate surface area is 134 Å². The van der Waals surface area contributed by atoms with Crippen molar-refractivity contribution in [3.63, 3.8) is 0 Å². The van der Waals surface area contributed by atoms with Crippen molar-refractivity contribution in [3.05, 3.63) is 53.5 Å². The molecule has 0 aliphatic carbocycles. The number of nitrogens with one attached hydrogen (secondary N) is 3. The summed E-state index contributed by atoms with van der Waals surface area (Å²) < 4.78 is 5.03. The summed E-state index contributed by atoms with van der Waals surface area (Å²) in [4.78, 5) is 15.0. The lowest BCUT2D eigenvalue weighted by molar-refractivity contribution is 0.238. The number of carbonyl (C=O) groups excluding carboxylic acids is 1. The molecule has 2 amide bonds. The van der Waals surface area contributed by atoms with Crippen LogP contribution in [0.25, 0.3) is 10.9 Å². The van der Waals surface area contributed by atoms with Crippen LogP contribution in [0, 0.1) is 6.92 Å². The fourth-order valence-electron chi connectivity index (χ4n) is 2.55. The van der Waals surface area contributed by atoms with Gasteiger partial charge in [-0.15, -0.1) is 0 Å². The molecule has 0 aliphatic heterocycles. The van der Waals surface area contributed by atoms with Gasteiger partial charge >= 0.3 is 6.03 Å². The van der Waals surface area contributed by atoms with Crippen molar-refractivity contribution < 1.29 is 9.32 Å². The zero-order valence-electron chi connectivity index (χ0n) is 13.1. The predicted molar refractivity (Wildman–Crippen MR) is 88.1 cm³/mol. The largest absolute Gasteiger partial charge is 0.361 e. The fourth-order valence-corrected chi connectivity index (χ4v) is 2.55. The number of nitrogens with zero attached hydrogens (tertiary/aromatic N) is 1. The van der Waals surface area contributed by atoms with Gasteiger partial charge in [-0.05, 0) is 31.4 Å². The Morgan fingerprint density at radius 2 is 2.17 bits per heavy atom. The molecule has 0 spiro atoms. The number of hydrogen-bond acceptors (Lipinski definition) is 3. The number of hydrogen-bond donors (Lipinski definition) is 3. The van der Waals surface area contributed by atoms with Gasteiger partial charge in [0.05, 0.1) is 12.2 Å². The molecular weight excluding hydrogens is 292 g/mol. The number of benzene rings is 1. The van der Waals surface area contributed by atoms with Crippen molar-refractivity contribution in [3.8, 4) is 0 Å². The van der Waals surface area contributed by atoms with Gasteiger partial charge in [0.2, 0.25) is 0 Å². The topological polar surface area (TPSA) is 83.0 Å². The Morgan fingerprint density at radius 1 is 1.30 bits per heavy atom. The second-order valence-corrected chi connectivity index (χ2v) is 5.51. The fraction of sp³-hybridized carbons (Fsp3) is 0.294. The normalized spacial score (nSPS) is 10.8. The minimum absolute atomic E-state index is 0.196. The van der Waals surface area contributed by atoms with Crippen molar-refractivity contribution >= 4 is 16.9 Å². The number of carbonyl (C=O) groups is 1. The molecule has 0 atom stereocenters. The number of aromatic amines is 1. The maximum absolute atomic E-state index is 11.7. The molecule has 0 fully saturated rings. The lowest BCUT2D eigenvalue weighted by Gasteiger charge is -2.06. The molecule has 6 heteroatoms. The molecule has 6 nitrogen and oxygen atoms in total. The van der Waals surface area contributed by atoms with Crippen LogP contribution in [-0.4, -0.2) is 22.7 Å². The average Bonchev–Trinajstić information content (AvgIpc) is 3.16. The lowest BCUT2D eigenvalue weighted by Crippen LogP contribution is -2.35.